The predicted molar refractivity (Wildman–Crippen MR) is 79.8 cm³/mol. The number of amides is 1. The van der Waals surface area contributed by atoms with E-state index in [9.17, 15) is 4.79 Å². The third-order valence-electron chi connectivity index (χ3n) is 3.33. The second-order valence-electron chi connectivity index (χ2n) is 4.89. The van der Waals surface area contributed by atoms with E-state index in [4.69, 9.17) is 5.73 Å². The van der Waals surface area contributed by atoms with E-state index >= 15 is 0 Å². The molecule has 2 heterocycles. The van der Waals surface area contributed by atoms with Crippen LogP contribution in [0.4, 0.5) is 0 Å². The van der Waals surface area contributed by atoms with Crippen LogP contribution in [-0.2, 0) is 13.1 Å². The highest BCUT2D eigenvalue weighted by Gasteiger charge is 2.13. The van der Waals surface area contributed by atoms with Gasteiger partial charge in [0.15, 0.2) is 0 Å². The molecule has 0 aromatic carbocycles. The zero-order valence-electron chi connectivity index (χ0n) is 12.3. The van der Waals surface area contributed by atoms with Crippen LogP contribution in [0.25, 0.3) is 0 Å². The third-order valence-corrected chi connectivity index (χ3v) is 3.33. The van der Waals surface area contributed by atoms with Crippen LogP contribution in [0.3, 0.4) is 0 Å². The van der Waals surface area contributed by atoms with Crippen molar-refractivity contribution >= 4 is 5.91 Å². The van der Waals surface area contributed by atoms with Crippen molar-refractivity contribution in [2.75, 3.05) is 13.1 Å². The second kappa shape index (κ2) is 7.58. The van der Waals surface area contributed by atoms with Crippen molar-refractivity contribution in [3.63, 3.8) is 0 Å². The molecule has 2 aromatic rings. The van der Waals surface area contributed by atoms with E-state index in [-0.39, 0.29) is 5.91 Å². The maximum atomic E-state index is 12.1. The van der Waals surface area contributed by atoms with E-state index in [0.29, 0.717) is 18.7 Å². The van der Waals surface area contributed by atoms with Crippen LogP contribution in [0.15, 0.2) is 24.7 Å². The summed E-state index contributed by atoms with van der Waals surface area (Å²) in [5.41, 5.74) is 7.00. The molecule has 2 rings (SSSR count). The molecular weight excluding hydrogens is 268 g/mol. The first-order valence-electron chi connectivity index (χ1n) is 7.20. The standard InChI is InChI=1S/C14H22N6O/c1-12-13(11-18-20(12)10-2-5-15)14(21)16-6-3-8-19-9-4-7-17-19/h4,7,9,11H,2-3,5-6,8,10,15H2,1H3,(H,16,21). The molecule has 0 saturated heterocycles. The Bertz CT molecular complexity index is 560. The van der Waals surface area contributed by atoms with E-state index in [0.717, 1.165) is 31.6 Å². The first-order valence-corrected chi connectivity index (χ1v) is 7.20. The predicted octanol–water partition coefficient (Wildman–Crippen LogP) is 0.557. The summed E-state index contributed by atoms with van der Waals surface area (Å²) in [6, 6.07) is 1.89. The summed E-state index contributed by atoms with van der Waals surface area (Å²) >= 11 is 0. The van der Waals surface area contributed by atoms with E-state index in [1.165, 1.54) is 0 Å². The highest BCUT2D eigenvalue weighted by molar-refractivity contribution is 5.94. The largest absolute Gasteiger partial charge is 0.352 e. The zero-order chi connectivity index (χ0) is 15.1. The summed E-state index contributed by atoms with van der Waals surface area (Å²) in [7, 11) is 0. The van der Waals surface area contributed by atoms with Crippen molar-refractivity contribution in [3.8, 4) is 0 Å². The average Bonchev–Trinajstić information content (AvgIpc) is 3.11. The van der Waals surface area contributed by atoms with E-state index in [1.807, 2.05) is 28.6 Å². The molecule has 7 nitrogen and oxygen atoms in total. The topological polar surface area (TPSA) is 90.8 Å². The maximum Gasteiger partial charge on any atom is 0.254 e. The average molecular weight is 290 g/mol. The number of rotatable bonds is 8. The van der Waals surface area contributed by atoms with Gasteiger partial charge >= 0.3 is 0 Å². The fourth-order valence-electron chi connectivity index (χ4n) is 2.11. The summed E-state index contributed by atoms with van der Waals surface area (Å²) in [4.78, 5) is 12.1. The molecule has 0 aliphatic rings. The molecule has 0 saturated carbocycles. The Morgan fingerprint density at radius 2 is 2.19 bits per heavy atom. The fourth-order valence-corrected chi connectivity index (χ4v) is 2.11. The molecule has 1 amide bonds. The summed E-state index contributed by atoms with van der Waals surface area (Å²) in [5.74, 6) is -0.0769. The molecule has 0 atom stereocenters. The summed E-state index contributed by atoms with van der Waals surface area (Å²) in [6.07, 6.45) is 6.97. The van der Waals surface area contributed by atoms with Gasteiger partial charge in [-0.1, -0.05) is 0 Å². The molecule has 21 heavy (non-hydrogen) atoms. The van der Waals surface area contributed by atoms with Gasteiger partial charge in [0.25, 0.3) is 5.91 Å². The number of hydrogen-bond donors (Lipinski definition) is 2. The van der Waals surface area contributed by atoms with Crippen molar-refractivity contribution in [3.05, 3.63) is 35.9 Å². The molecule has 0 spiro atoms. The van der Waals surface area contributed by atoms with Crippen molar-refractivity contribution in [1.82, 2.24) is 24.9 Å². The number of nitrogens with one attached hydrogen (secondary N) is 1. The molecule has 114 valence electrons. The quantitative estimate of drug-likeness (QED) is 0.695. The number of hydrogen-bond acceptors (Lipinski definition) is 4. The lowest BCUT2D eigenvalue weighted by atomic mass is 10.2. The van der Waals surface area contributed by atoms with Gasteiger partial charge in [0, 0.05) is 37.7 Å². The molecule has 0 radical (unpaired) electrons. The lowest BCUT2D eigenvalue weighted by molar-refractivity contribution is 0.0952. The van der Waals surface area contributed by atoms with Crippen LogP contribution in [0.1, 0.15) is 28.9 Å². The number of carbonyl (C=O) groups is 1. The normalized spacial score (nSPS) is 10.8. The van der Waals surface area contributed by atoms with Gasteiger partial charge in [-0.3, -0.25) is 14.2 Å². The Morgan fingerprint density at radius 1 is 1.33 bits per heavy atom. The smallest absolute Gasteiger partial charge is 0.254 e. The minimum Gasteiger partial charge on any atom is -0.352 e. The Morgan fingerprint density at radius 3 is 2.90 bits per heavy atom. The monoisotopic (exact) mass is 290 g/mol. The number of aromatic nitrogens is 4. The molecule has 0 bridgehead atoms. The molecule has 2 aromatic heterocycles. The van der Waals surface area contributed by atoms with Gasteiger partial charge in [0.1, 0.15) is 0 Å². The Kier molecular flexibility index (Phi) is 5.51. The Hall–Kier alpha value is -2.15. The molecule has 0 fully saturated rings. The van der Waals surface area contributed by atoms with E-state index in [1.54, 1.807) is 12.4 Å². The van der Waals surface area contributed by atoms with Crippen molar-refractivity contribution in [1.29, 1.82) is 0 Å². The van der Waals surface area contributed by atoms with Crippen molar-refractivity contribution in [2.45, 2.75) is 32.9 Å². The van der Waals surface area contributed by atoms with Crippen LogP contribution < -0.4 is 11.1 Å². The highest BCUT2D eigenvalue weighted by Crippen LogP contribution is 2.07. The number of carbonyl (C=O) groups excluding carboxylic acids is 1. The second-order valence-corrected chi connectivity index (χ2v) is 4.89. The molecule has 0 unspecified atom stereocenters. The maximum absolute atomic E-state index is 12.1. The van der Waals surface area contributed by atoms with Gasteiger partial charge in [-0.05, 0) is 32.4 Å². The van der Waals surface area contributed by atoms with E-state index < -0.39 is 0 Å². The minimum atomic E-state index is -0.0769. The lowest BCUT2D eigenvalue weighted by Crippen LogP contribution is -2.25. The van der Waals surface area contributed by atoms with Crippen LogP contribution >= 0.6 is 0 Å². The number of aryl methyl sites for hydroxylation is 2. The SMILES string of the molecule is Cc1c(C(=O)NCCCn2cccn2)cnn1CCCN. The molecule has 7 heteroatoms. The summed E-state index contributed by atoms with van der Waals surface area (Å²) < 4.78 is 3.67. The van der Waals surface area contributed by atoms with Crippen LogP contribution in [0.2, 0.25) is 0 Å². The zero-order valence-corrected chi connectivity index (χ0v) is 12.3. The van der Waals surface area contributed by atoms with Crippen LogP contribution in [-0.4, -0.2) is 38.6 Å². The van der Waals surface area contributed by atoms with Gasteiger partial charge in [-0.15, -0.1) is 0 Å². The van der Waals surface area contributed by atoms with Crippen molar-refractivity contribution in [2.24, 2.45) is 5.73 Å². The summed E-state index contributed by atoms with van der Waals surface area (Å²) in [5, 5.41) is 11.3. The van der Waals surface area contributed by atoms with Crippen LogP contribution in [0.5, 0.6) is 0 Å². The van der Waals surface area contributed by atoms with Gasteiger partial charge in [0.2, 0.25) is 0 Å². The van der Waals surface area contributed by atoms with Gasteiger partial charge in [-0.25, -0.2) is 0 Å². The highest BCUT2D eigenvalue weighted by atomic mass is 16.1. The van der Waals surface area contributed by atoms with E-state index in [2.05, 4.69) is 15.5 Å². The van der Waals surface area contributed by atoms with Gasteiger partial charge in [0.05, 0.1) is 11.8 Å². The molecule has 3 N–H and O–H groups in total. The first-order chi connectivity index (χ1) is 10.2. The Balaban J connectivity index is 1.79. The molecular formula is C14H22N6O. The fraction of sp³-hybridized carbons (Fsp3) is 0.500. The van der Waals surface area contributed by atoms with Gasteiger partial charge in [-0.2, -0.15) is 10.2 Å². The summed E-state index contributed by atoms with van der Waals surface area (Å²) in [6.45, 7) is 4.68. The first kappa shape index (κ1) is 15.2. The lowest BCUT2D eigenvalue weighted by Gasteiger charge is -2.06. The number of nitrogens with two attached hydrogens (primary N) is 1. The Labute approximate surface area is 124 Å². The van der Waals surface area contributed by atoms with Crippen molar-refractivity contribution < 1.29 is 4.79 Å². The number of nitrogens with zero attached hydrogens (tertiary/aromatic N) is 4. The van der Waals surface area contributed by atoms with Crippen LogP contribution in [0, 0.1) is 6.92 Å². The van der Waals surface area contributed by atoms with Gasteiger partial charge < -0.3 is 11.1 Å². The molecule has 0 aliphatic heterocycles. The molecule has 0 aliphatic carbocycles. The minimum absolute atomic E-state index is 0.0769. The third kappa shape index (κ3) is 4.16.